The molecule has 0 aliphatic carbocycles. The van der Waals surface area contributed by atoms with Gasteiger partial charge in [0.2, 0.25) is 0 Å². The summed E-state index contributed by atoms with van der Waals surface area (Å²) in [6, 6.07) is 12.5. The zero-order valence-electron chi connectivity index (χ0n) is 17.5. The smallest absolute Gasteiger partial charge is 0.256 e. The quantitative estimate of drug-likeness (QED) is 0.677. The lowest BCUT2D eigenvalue weighted by atomic mass is 9.92. The van der Waals surface area contributed by atoms with Gasteiger partial charge in [-0.1, -0.05) is 30.3 Å². The van der Waals surface area contributed by atoms with Gasteiger partial charge in [0, 0.05) is 37.5 Å². The zero-order chi connectivity index (χ0) is 22.0. The second-order valence-corrected chi connectivity index (χ2v) is 8.31. The zero-order valence-corrected chi connectivity index (χ0v) is 17.5. The molecule has 5 nitrogen and oxygen atoms in total. The van der Waals surface area contributed by atoms with E-state index in [1.54, 1.807) is 29.2 Å². The number of piperidine rings is 1. The average Bonchev–Trinajstić information content (AvgIpc) is 3.14. The molecule has 2 aliphatic rings. The monoisotopic (exact) mass is 428 g/mol. The van der Waals surface area contributed by atoms with Crippen molar-refractivity contribution in [2.45, 2.75) is 43.6 Å². The molecular formula is C24H26F2N2O3. The van der Waals surface area contributed by atoms with Crippen LogP contribution in [0.1, 0.15) is 47.6 Å². The molecule has 0 radical (unpaired) electrons. The Balaban J connectivity index is 1.41. The lowest BCUT2D eigenvalue weighted by molar-refractivity contribution is -0.167. The minimum Gasteiger partial charge on any atom is -0.349 e. The Labute approximate surface area is 180 Å². The van der Waals surface area contributed by atoms with Gasteiger partial charge in [-0.05, 0) is 38.1 Å². The minimum atomic E-state index is -1.00. The standard InChI is InChI=1S/C24H26F2N2O3/c1-27-21(17-6-2-4-8-19(17)25)10-11-22(27)31-24(16-29)12-14-28(15-13-24)23(30)18-7-3-5-9-20(18)26/h2-9,16,21-22H,10-15H2,1H3. The predicted molar refractivity (Wildman–Crippen MR) is 111 cm³/mol. The number of aldehydes is 1. The number of nitrogens with zero attached hydrogens (tertiary/aromatic N) is 2. The van der Waals surface area contributed by atoms with Crippen LogP contribution in [0.2, 0.25) is 0 Å². The molecule has 0 spiro atoms. The fourth-order valence-corrected chi connectivity index (χ4v) is 4.60. The van der Waals surface area contributed by atoms with Crippen molar-refractivity contribution in [1.82, 2.24) is 9.80 Å². The fraction of sp³-hybridized carbons (Fsp3) is 0.417. The second-order valence-electron chi connectivity index (χ2n) is 8.31. The Morgan fingerprint density at radius 2 is 1.68 bits per heavy atom. The molecule has 1 amide bonds. The van der Waals surface area contributed by atoms with Crippen LogP contribution in [-0.4, -0.2) is 54.0 Å². The molecule has 31 heavy (non-hydrogen) atoms. The van der Waals surface area contributed by atoms with E-state index in [4.69, 9.17) is 4.74 Å². The minimum absolute atomic E-state index is 0.0327. The van der Waals surface area contributed by atoms with Crippen LogP contribution in [0.3, 0.4) is 0 Å². The SMILES string of the molecule is CN1C(OC2(C=O)CCN(C(=O)c3ccccc3F)CC2)CCC1c1ccccc1F. The Hall–Kier alpha value is -2.64. The van der Waals surface area contributed by atoms with Gasteiger partial charge < -0.3 is 14.4 Å². The summed E-state index contributed by atoms with van der Waals surface area (Å²) in [5, 5.41) is 0. The maximum absolute atomic E-state index is 14.2. The summed E-state index contributed by atoms with van der Waals surface area (Å²) in [5.41, 5.74) is -0.346. The first-order valence-corrected chi connectivity index (χ1v) is 10.6. The fourth-order valence-electron chi connectivity index (χ4n) is 4.60. The number of halogens is 2. The molecule has 2 atom stereocenters. The molecule has 4 rings (SSSR count). The van der Waals surface area contributed by atoms with Crippen molar-refractivity contribution in [1.29, 1.82) is 0 Å². The van der Waals surface area contributed by atoms with E-state index in [1.165, 1.54) is 18.2 Å². The normalized spacial score (nSPS) is 23.6. The average molecular weight is 428 g/mol. The molecule has 2 aromatic rings. The van der Waals surface area contributed by atoms with Crippen LogP contribution in [-0.2, 0) is 9.53 Å². The summed E-state index contributed by atoms with van der Waals surface area (Å²) in [6.07, 6.45) is 2.60. The Bertz CT molecular complexity index is 959. The number of carbonyl (C=O) groups excluding carboxylic acids is 2. The largest absolute Gasteiger partial charge is 0.349 e. The molecule has 2 aliphatic heterocycles. The maximum atomic E-state index is 14.2. The molecule has 2 saturated heterocycles. The highest BCUT2D eigenvalue weighted by molar-refractivity contribution is 5.94. The summed E-state index contributed by atoms with van der Waals surface area (Å²) in [7, 11) is 1.88. The first-order chi connectivity index (χ1) is 14.9. The highest BCUT2D eigenvalue weighted by atomic mass is 19.1. The number of ether oxygens (including phenoxy) is 1. The van der Waals surface area contributed by atoms with Crippen LogP contribution in [0, 0.1) is 11.6 Å². The molecule has 7 heteroatoms. The molecule has 2 aromatic carbocycles. The second kappa shape index (κ2) is 8.85. The Morgan fingerprint density at radius 1 is 1.03 bits per heavy atom. The van der Waals surface area contributed by atoms with E-state index in [0.717, 1.165) is 12.7 Å². The molecule has 0 bridgehead atoms. The van der Waals surface area contributed by atoms with E-state index >= 15 is 0 Å². The highest BCUT2D eigenvalue weighted by Crippen LogP contribution is 2.39. The molecule has 164 valence electrons. The van der Waals surface area contributed by atoms with Crippen molar-refractivity contribution >= 4 is 12.2 Å². The van der Waals surface area contributed by atoms with Crippen LogP contribution < -0.4 is 0 Å². The number of hydrogen-bond acceptors (Lipinski definition) is 4. The van der Waals surface area contributed by atoms with E-state index in [2.05, 4.69) is 0 Å². The van der Waals surface area contributed by atoms with Crippen LogP contribution in [0.25, 0.3) is 0 Å². The van der Waals surface area contributed by atoms with Gasteiger partial charge in [-0.3, -0.25) is 9.69 Å². The number of amides is 1. The summed E-state index contributed by atoms with van der Waals surface area (Å²) >= 11 is 0. The highest BCUT2D eigenvalue weighted by Gasteiger charge is 2.43. The number of rotatable bonds is 5. The van der Waals surface area contributed by atoms with Crippen LogP contribution in [0.5, 0.6) is 0 Å². The van der Waals surface area contributed by atoms with Gasteiger partial charge in [0.1, 0.15) is 23.5 Å². The van der Waals surface area contributed by atoms with Gasteiger partial charge in [-0.25, -0.2) is 8.78 Å². The maximum Gasteiger partial charge on any atom is 0.256 e. The van der Waals surface area contributed by atoms with Crippen LogP contribution >= 0.6 is 0 Å². The van der Waals surface area contributed by atoms with E-state index in [9.17, 15) is 18.4 Å². The van der Waals surface area contributed by atoms with E-state index in [-0.39, 0.29) is 29.6 Å². The third-order valence-corrected chi connectivity index (χ3v) is 6.48. The van der Waals surface area contributed by atoms with E-state index < -0.39 is 11.4 Å². The van der Waals surface area contributed by atoms with Crippen molar-refractivity contribution in [2.75, 3.05) is 20.1 Å². The third-order valence-electron chi connectivity index (χ3n) is 6.48. The van der Waals surface area contributed by atoms with Gasteiger partial charge in [0.05, 0.1) is 5.56 Å². The summed E-state index contributed by atoms with van der Waals surface area (Å²) < 4.78 is 34.5. The van der Waals surface area contributed by atoms with Crippen molar-refractivity contribution in [3.8, 4) is 0 Å². The summed E-state index contributed by atoms with van der Waals surface area (Å²) in [4.78, 5) is 28.2. The third kappa shape index (κ3) is 4.25. The number of benzene rings is 2. The first kappa shape index (κ1) is 21.6. The Morgan fingerprint density at radius 3 is 2.32 bits per heavy atom. The lowest BCUT2D eigenvalue weighted by Crippen LogP contribution is -2.51. The van der Waals surface area contributed by atoms with Crippen molar-refractivity contribution < 1.29 is 23.1 Å². The number of hydrogen-bond donors (Lipinski definition) is 0. The topological polar surface area (TPSA) is 49.9 Å². The van der Waals surface area contributed by atoms with Gasteiger partial charge in [-0.15, -0.1) is 0 Å². The number of carbonyl (C=O) groups is 2. The van der Waals surface area contributed by atoms with Gasteiger partial charge in [-0.2, -0.15) is 0 Å². The molecule has 2 fully saturated rings. The molecule has 0 aromatic heterocycles. The van der Waals surface area contributed by atoms with Gasteiger partial charge in [0.25, 0.3) is 5.91 Å². The van der Waals surface area contributed by atoms with Crippen molar-refractivity contribution in [3.05, 3.63) is 71.3 Å². The first-order valence-electron chi connectivity index (χ1n) is 10.6. The molecule has 2 unspecified atom stereocenters. The predicted octanol–water partition coefficient (Wildman–Crippen LogP) is 3.95. The molecule has 0 N–H and O–H groups in total. The molecule has 2 heterocycles. The number of likely N-dealkylation sites (tertiary alicyclic amines) is 2. The van der Waals surface area contributed by atoms with Gasteiger partial charge >= 0.3 is 0 Å². The summed E-state index contributed by atoms with van der Waals surface area (Å²) in [6.45, 7) is 0.609. The van der Waals surface area contributed by atoms with Crippen LogP contribution in [0.4, 0.5) is 8.78 Å². The Kier molecular flexibility index (Phi) is 6.16. The van der Waals surface area contributed by atoms with Gasteiger partial charge in [0.15, 0.2) is 6.29 Å². The lowest BCUT2D eigenvalue weighted by Gasteiger charge is -2.41. The molecular weight excluding hydrogens is 402 g/mol. The van der Waals surface area contributed by atoms with Crippen LogP contribution in [0.15, 0.2) is 48.5 Å². The van der Waals surface area contributed by atoms with Crippen molar-refractivity contribution in [2.24, 2.45) is 0 Å². The van der Waals surface area contributed by atoms with Crippen molar-refractivity contribution in [3.63, 3.8) is 0 Å². The van der Waals surface area contributed by atoms with E-state index in [0.29, 0.717) is 37.9 Å². The summed E-state index contributed by atoms with van der Waals surface area (Å²) in [5.74, 6) is -1.18. The molecule has 0 saturated carbocycles. The van der Waals surface area contributed by atoms with E-state index in [1.807, 2.05) is 18.0 Å².